The monoisotopic (exact) mass is 275 g/mol. The summed E-state index contributed by atoms with van der Waals surface area (Å²) in [7, 11) is 0. The summed E-state index contributed by atoms with van der Waals surface area (Å²) < 4.78 is 1.96. The fourth-order valence-electron chi connectivity index (χ4n) is 2.30. The Bertz CT molecular complexity index is 661. The van der Waals surface area contributed by atoms with Crippen molar-refractivity contribution in [2.45, 2.75) is 32.7 Å². The van der Waals surface area contributed by atoms with Crippen molar-refractivity contribution in [3.63, 3.8) is 0 Å². The van der Waals surface area contributed by atoms with Crippen LogP contribution in [0.15, 0.2) is 18.2 Å². The normalized spacial score (nSPS) is 10.8. The van der Waals surface area contributed by atoms with Gasteiger partial charge in [0.25, 0.3) is 0 Å². The molecule has 1 heterocycles. The third-order valence-electron chi connectivity index (χ3n) is 3.21. The summed E-state index contributed by atoms with van der Waals surface area (Å²) in [4.78, 5) is 26.4. The predicted molar refractivity (Wildman–Crippen MR) is 74.5 cm³/mol. The summed E-state index contributed by atoms with van der Waals surface area (Å²) in [5.74, 6) is -0.503. The standard InChI is InChI=1S/C14H17N3O3/c1-2-12-16-13-9(14(19)20)5-3-6-10(13)17(12)8-4-7-11(15)18/h3,5-6H,2,4,7-8H2,1H3,(H2,15,18)(H,19,20). The van der Waals surface area contributed by atoms with Crippen molar-refractivity contribution in [1.29, 1.82) is 0 Å². The van der Waals surface area contributed by atoms with E-state index in [2.05, 4.69) is 4.98 Å². The molecule has 0 atom stereocenters. The van der Waals surface area contributed by atoms with E-state index in [1.807, 2.05) is 17.6 Å². The van der Waals surface area contributed by atoms with Crippen LogP contribution in [-0.4, -0.2) is 26.5 Å². The number of fused-ring (bicyclic) bond motifs is 1. The number of hydrogen-bond acceptors (Lipinski definition) is 3. The van der Waals surface area contributed by atoms with Gasteiger partial charge in [-0.1, -0.05) is 13.0 Å². The average Bonchev–Trinajstić information content (AvgIpc) is 2.76. The summed E-state index contributed by atoms with van der Waals surface area (Å²) in [5.41, 5.74) is 6.62. The molecule has 0 bridgehead atoms. The Kier molecular flexibility index (Phi) is 4.02. The lowest BCUT2D eigenvalue weighted by Crippen LogP contribution is -2.12. The fraction of sp³-hybridized carbons (Fsp3) is 0.357. The molecule has 1 amide bonds. The maximum absolute atomic E-state index is 11.2. The zero-order valence-corrected chi connectivity index (χ0v) is 11.3. The number of aromatic carboxylic acids is 1. The van der Waals surface area contributed by atoms with Crippen LogP contribution in [0, 0.1) is 0 Å². The highest BCUT2D eigenvalue weighted by Crippen LogP contribution is 2.21. The van der Waals surface area contributed by atoms with E-state index in [1.165, 1.54) is 0 Å². The molecule has 1 aromatic carbocycles. The van der Waals surface area contributed by atoms with Crippen LogP contribution in [0.3, 0.4) is 0 Å². The van der Waals surface area contributed by atoms with Gasteiger partial charge in [-0.05, 0) is 18.6 Å². The van der Waals surface area contributed by atoms with Crippen LogP contribution in [0.2, 0.25) is 0 Å². The Hall–Kier alpha value is -2.37. The number of aromatic nitrogens is 2. The molecule has 0 saturated carbocycles. The number of rotatable bonds is 6. The number of amides is 1. The van der Waals surface area contributed by atoms with Gasteiger partial charge in [-0.2, -0.15) is 0 Å². The van der Waals surface area contributed by atoms with Gasteiger partial charge in [-0.25, -0.2) is 9.78 Å². The Balaban J connectivity index is 2.44. The number of primary amides is 1. The van der Waals surface area contributed by atoms with Crippen molar-refractivity contribution in [2.24, 2.45) is 5.73 Å². The lowest BCUT2D eigenvalue weighted by Gasteiger charge is -2.07. The van der Waals surface area contributed by atoms with Crippen molar-refractivity contribution >= 4 is 22.9 Å². The molecule has 0 saturated heterocycles. The smallest absolute Gasteiger partial charge is 0.337 e. The van der Waals surface area contributed by atoms with Crippen LogP contribution in [0.1, 0.15) is 35.9 Å². The van der Waals surface area contributed by atoms with Gasteiger partial charge >= 0.3 is 5.97 Å². The Morgan fingerprint density at radius 2 is 2.15 bits per heavy atom. The van der Waals surface area contributed by atoms with Crippen LogP contribution in [0.5, 0.6) is 0 Å². The summed E-state index contributed by atoms with van der Waals surface area (Å²) in [6.45, 7) is 2.57. The lowest BCUT2D eigenvalue weighted by atomic mass is 10.2. The molecule has 0 unspecified atom stereocenters. The maximum atomic E-state index is 11.2. The Morgan fingerprint density at radius 3 is 2.75 bits per heavy atom. The van der Waals surface area contributed by atoms with Gasteiger partial charge in [0.15, 0.2) is 0 Å². The van der Waals surface area contributed by atoms with E-state index in [1.54, 1.807) is 12.1 Å². The largest absolute Gasteiger partial charge is 0.478 e. The molecular weight excluding hydrogens is 258 g/mol. The Morgan fingerprint density at radius 1 is 1.40 bits per heavy atom. The average molecular weight is 275 g/mol. The second-order valence-corrected chi connectivity index (χ2v) is 4.58. The van der Waals surface area contributed by atoms with E-state index < -0.39 is 5.97 Å². The van der Waals surface area contributed by atoms with Crippen molar-refractivity contribution < 1.29 is 14.7 Å². The maximum Gasteiger partial charge on any atom is 0.337 e. The van der Waals surface area contributed by atoms with E-state index in [0.717, 1.165) is 11.3 Å². The summed E-state index contributed by atoms with van der Waals surface area (Å²) in [6.07, 6.45) is 1.62. The van der Waals surface area contributed by atoms with Gasteiger partial charge in [0.05, 0.1) is 11.1 Å². The number of aryl methyl sites for hydroxylation is 2. The molecule has 20 heavy (non-hydrogen) atoms. The summed E-state index contributed by atoms with van der Waals surface area (Å²) in [6, 6.07) is 5.10. The number of carboxylic acid groups (broad SMARTS) is 1. The third kappa shape index (κ3) is 2.64. The van der Waals surface area contributed by atoms with E-state index in [9.17, 15) is 14.7 Å². The van der Waals surface area contributed by atoms with Crippen molar-refractivity contribution in [3.8, 4) is 0 Å². The Labute approximate surface area is 116 Å². The number of nitrogens with zero attached hydrogens (tertiary/aromatic N) is 2. The third-order valence-corrected chi connectivity index (χ3v) is 3.21. The molecule has 0 spiro atoms. The molecule has 0 fully saturated rings. The molecular formula is C14H17N3O3. The zero-order valence-electron chi connectivity index (χ0n) is 11.3. The first-order valence-corrected chi connectivity index (χ1v) is 6.54. The van der Waals surface area contributed by atoms with E-state index in [0.29, 0.717) is 31.3 Å². The van der Waals surface area contributed by atoms with Crippen LogP contribution in [0.25, 0.3) is 11.0 Å². The first-order valence-electron chi connectivity index (χ1n) is 6.54. The second-order valence-electron chi connectivity index (χ2n) is 4.58. The number of carbonyl (C=O) groups is 2. The highest BCUT2D eigenvalue weighted by Gasteiger charge is 2.15. The number of hydrogen-bond donors (Lipinski definition) is 2. The highest BCUT2D eigenvalue weighted by atomic mass is 16.4. The number of carbonyl (C=O) groups excluding carboxylic acids is 1. The highest BCUT2D eigenvalue weighted by molar-refractivity contribution is 6.01. The van der Waals surface area contributed by atoms with Gasteiger partial charge < -0.3 is 15.4 Å². The van der Waals surface area contributed by atoms with E-state index >= 15 is 0 Å². The van der Waals surface area contributed by atoms with Crippen LogP contribution in [-0.2, 0) is 17.8 Å². The van der Waals surface area contributed by atoms with Gasteiger partial charge in [0, 0.05) is 19.4 Å². The SMILES string of the molecule is CCc1nc2c(C(=O)O)cccc2n1CCCC(N)=O. The number of benzene rings is 1. The van der Waals surface area contributed by atoms with Crippen molar-refractivity contribution in [1.82, 2.24) is 9.55 Å². The minimum atomic E-state index is -0.986. The fourth-order valence-corrected chi connectivity index (χ4v) is 2.30. The number of imidazole rings is 1. The van der Waals surface area contributed by atoms with Crippen molar-refractivity contribution in [3.05, 3.63) is 29.6 Å². The minimum Gasteiger partial charge on any atom is -0.478 e. The van der Waals surface area contributed by atoms with Gasteiger partial charge in [-0.15, -0.1) is 0 Å². The molecule has 3 N–H and O–H groups in total. The van der Waals surface area contributed by atoms with Crippen LogP contribution < -0.4 is 5.73 Å². The molecule has 0 aliphatic carbocycles. The second kappa shape index (κ2) is 5.73. The molecule has 0 radical (unpaired) electrons. The number of nitrogens with two attached hydrogens (primary N) is 1. The van der Waals surface area contributed by atoms with Gasteiger partial charge in [-0.3, -0.25) is 4.79 Å². The molecule has 2 rings (SSSR count). The first-order chi connectivity index (χ1) is 9.54. The molecule has 6 nitrogen and oxygen atoms in total. The lowest BCUT2D eigenvalue weighted by molar-refractivity contribution is -0.118. The molecule has 1 aromatic heterocycles. The minimum absolute atomic E-state index is 0.200. The van der Waals surface area contributed by atoms with E-state index in [4.69, 9.17) is 5.73 Å². The zero-order chi connectivity index (χ0) is 14.7. The number of para-hydroxylation sites is 1. The summed E-state index contributed by atoms with van der Waals surface area (Å²) >= 11 is 0. The van der Waals surface area contributed by atoms with Crippen LogP contribution in [0.4, 0.5) is 0 Å². The molecule has 2 aromatic rings. The van der Waals surface area contributed by atoms with Gasteiger partial charge in [0.1, 0.15) is 11.3 Å². The topological polar surface area (TPSA) is 98.2 Å². The van der Waals surface area contributed by atoms with Gasteiger partial charge in [0.2, 0.25) is 5.91 Å². The predicted octanol–water partition coefficient (Wildman–Crippen LogP) is 1.56. The molecule has 6 heteroatoms. The molecule has 106 valence electrons. The first kappa shape index (κ1) is 14.0. The quantitative estimate of drug-likeness (QED) is 0.835. The number of carboxylic acids is 1. The van der Waals surface area contributed by atoms with Crippen LogP contribution >= 0.6 is 0 Å². The molecule has 0 aliphatic heterocycles. The van der Waals surface area contributed by atoms with Crippen molar-refractivity contribution in [2.75, 3.05) is 0 Å². The van der Waals surface area contributed by atoms with E-state index in [-0.39, 0.29) is 11.5 Å². The molecule has 0 aliphatic rings. The summed E-state index contributed by atoms with van der Waals surface area (Å²) in [5, 5.41) is 9.19.